The Kier molecular flexibility index (Phi) is 6.81. The van der Waals surface area contributed by atoms with Gasteiger partial charge >= 0.3 is 18.4 Å². The molecule has 1 atom stereocenters. The molecule has 0 spiro atoms. The Balaban J connectivity index is 1.52. The molecule has 2 aliphatic heterocycles. The minimum atomic E-state index is -4.91. The number of para-hydroxylation sites is 2. The first-order valence-corrected chi connectivity index (χ1v) is 10.7. The van der Waals surface area contributed by atoms with Gasteiger partial charge in [-0.15, -0.1) is 13.2 Å². The van der Waals surface area contributed by atoms with Crippen LogP contribution in [0.3, 0.4) is 0 Å². The SMILES string of the molecule is CCOC(=O)C1CN2N=CN=C(N)C2=C1c1ccc(NC(=O)Nc2ccccc2OC(F)(F)F)cc1. The van der Waals surface area contributed by atoms with Crippen LogP contribution in [-0.4, -0.2) is 48.7 Å². The number of nitrogens with one attached hydrogen (secondary N) is 2. The van der Waals surface area contributed by atoms with E-state index in [0.717, 1.165) is 6.07 Å². The second kappa shape index (κ2) is 9.98. The highest BCUT2D eigenvalue weighted by Gasteiger charge is 2.40. The summed E-state index contributed by atoms with van der Waals surface area (Å²) in [6, 6.07) is 10.9. The number of rotatable bonds is 6. The first-order valence-electron chi connectivity index (χ1n) is 10.7. The number of aliphatic imine (C=N–C) groups is 1. The van der Waals surface area contributed by atoms with E-state index >= 15 is 0 Å². The molecular formula is C23H21F3N6O4. The summed E-state index contributed by atoms with van der Waals surface area (Å²) in [6.45, 7) is 2.15. The fourth-order valence-corrected chi connectivity index (χ4v) is 3.82. The quantitative estimate of drug-likeness (QED) is 0.516. The number of alkyl halides is 3. The third kappa shape index (κ3) is 5.40. The van der Waals surface area contributed by atoms with E-state index in [4.69, 9.17) is 10.5 Å². The third-order valence-corrected chi connectivity index (χ3v) is 5.23. The summed E-state index contributed by atoms with van der Waals surface area (Å²) in [5.74, 6) is -1.43. The minimum Gasteiger partial charge on any atom is -0.465 e. The summed E-state index contributed by atoms with van der Waals surface area (Å²) < 4.78 is 47.0. The number of amidine groups is 1. The van der Waals surface area contributed by atoms with Crippen LogP contribution in [-0.2, 0) is 9.53 Å². The van der Waals surface area contributed by atoms with Crippen molar-refractivity contribution in [1.29, 1.82) is 0 Å². The lowest BCUT2D eigenvalue weighted by atomic mass is 9.93. The number of halogens is 3. The first kappa shape index (κ1) is 24.6. The van der Waals surface area contributed by atoms with Gasteiger partial charge in [-0.2, -0.15) is 5.10 Å². The molecule has 0 radical (unpaired) electrons. The van der Waals surface area contributed by atoms with Gasteiger partial charge in [-0.3, -0.25) is 9.80 Å². The average molecular weight is 502 g/mol. The van der Waals surface area contributed by atoms with Gasteiger partial charge in [-0.25, -0.2) is 9.79 Å². The number of hydrogen-bond donors (Lipinski definition) is 3. The molecule has 2 heterocycles. The Morgan fingerprint density at radius 3 is 2.56 bits per heavy atom. The molecule has 2 amide bonds. The molecule has 2 aliphatic rings. The van der Waals surface area contributed by atoms with Crippen molar-refractivity contribution in [2.75, 3.05) is 23.8 Å². The molecule has 0 fully saturated rings. The number of hydrazone groups is 1. The van der Waals surface area contributed by atoms with Crippen molar-refractivity contribution in [2.24, 2.45) is 21.7 Å². The summed E-state index contributed by atoms with van der Waals surface area (Å²) >= 11 is 0. The van der Waals surface area contributed by atoms with Gasteiger partial charge in [0.15, 0.2) is 11.6 Å². The van der Waals surface area contributed by atoms with E-state index in [-0.39, 0.29) is 24.7 Å². The maximum Gasteiger partial charge on any atom is 0.573 e. The van der Waals surface area contributed by atoms with Crippen molar-refractivity contribution in [2.45, 2.75) is 13.3 Å². The summed E-state index contributed by atoms with van der Waals surface area (Å²) in [6.07, 6.45) is -3.61. The first-order chi connectivity index (χ1) is 17.2. The topological polar surface area (TPSA) is 131 Å². The van der Waals surface area contributed by atoms with Crippen molar-refractivity contribution in [3.05, 3.63) is 59.8 Å². The van der Waals surface area contributed by atoms with Crippen LogP contribution in [0.5, 0.6) is 5.75 Å². The van der Waals surface area contributed by atoms with E-state index in [1.165, 1.54) is 24.5 Å². The van der Waals surface area contributed by atoms with Gasteiger partial charge in [0.05, 0.1) is 18.8 Å². The monoisotopic (exact) mass is 502 g/mol. The van der Waals surface area contributed by atoms with E-state index in [9.17, 15) is 22.8 Å². The fourth-order valence-electron chi connectivity index (χ4n) is 3.82. The van der Waals surface area contributed by atoms with E-state index in [2.05, 4.69) is 25.5 Å². The van der Waals surface area contributed by atoms with Crippen molar-refractivity contribution < 1.29 is 32.2 Å². The van der Waals surface area contributed by atoms with E-state index in [1.54, 1.807) is 36.2 Å². The molecule has 0 saturated carbocycles. The molecule has 4 N–H and O–H groups in total. The smallest absolute Gasteiger partial charge is 0.465 e. The number of hydrogen-bond acceptors (Lipinski definition) is 8. The minimum absolute atomic E-state index is 0.160. The molecule has 13 heteroatoms. The van der Waals surface area contributed by atoms with Crippen LogP contribution in [0.1, 0.15) is 12.5 Å². The van der Waals surface area contributed by atoms with Crippen molar-refractivity contribution in [3.8, 4) is 5.75 Å². The second-order valence-electron chi connectivity index (χ2n) is 7.59. The lowest BCUT2D eigenvalue weighted by Crippen LogP contribution is -2.29. The molecule has 0 aliphatic carbocycles. The number of carbonyl (C=O) groups is 2. The van der Waals surface area contributed by atoms with E-state index in [1.807, 2.05) is 0 Å². The summed E-state index contributed by atoms with van der Waals surface area (Å²) in [4.78, 5) is 29.0. The zero-order valence-corrected chi connectivity index (χ0v) is 18.9. The highest BCUT2D eigenvalue weighted by atomic mass is 19.4. The Hall–Kier alpha value is -4.55. The van der Waals surface area contributed by atoms with Gasteiger partial charge in [-0.1, -0.05) is 24.3 Å². The average Bonchev–Trinajstić information content (AvgIpc) is 3.21. The highest BCUT2D eigenvalue weighted by molar-refractivity contribution is 6.11. The maximum atomic E-state index is 12.6. The van der Waals surface area contributed by atoms with Gasteiger partial charge in [-0.05, 0) is 36.8 Å². The molecule has 188 valence electrons. The van der Waals surface area contributed by atoms with Crippen LogP contribution in [0.15, 0.2) is 64.3 Å². The lowest BCUT2D eigenvalue weighted by molar-refractivity contribution is -0.274. The van der Waals surface area contributed by atoms with Crippen molar-refractivity contribution in [3.63, 3.8) is 0 Å². The van der Waals surface area contributed by atoms with Crippen molar-refractivity contribution >= 4 is 41.1 Å². The molecule has 1 unspecified atom stereocenters. The molecule has 0 saturated heterocycles. The number of fused-ring (bicyclic) bond motifs is 1. The molecule has 10 nitrogen and oxygen atoms in total. The van der Waals surface area contributed by atoms with Gasteiger partial charge in [0.2, 0.25) is 0 Å². The molecule has 0 bridgehead atoms. The number of amides is 2. The van der Waals surface area contributed by atoms with Crippen LogP contribution in [0.25, 0.3) is 5.57 Å². The van der Waals surface area contributed by atoms with Crippen LogP contribution >= 0.6 is 0 Å². The molecule has 4 rings (SSSR count). The van der Waals surface area contributed by atoms with Crippen LogP contribution in [0.2, 0.25) is 0 Å². The lowest BCUT2D eigenvalue weighted by Gasteiger charge is -2.18. The molecule has 2 aromatic carbocycles. The summed E-state index contributed by atoms with van der Waals surface area (Å²) in [5.41, 5.74) is 7.97. The summed E-state index contributed by atoms with van der Waals surface area (Å²) in [7, 11) is 0. The Morgan fingerprint density at radius 2 is 1.86 bits per heavy atom. The standard InChI is InChI=1S/C23H21F3N6O4/c1-2-35-21(33)15-11-32-19(20(27)28-12-29-32)18(15)13-7-9-14(10-8-13)30-22(34)31-16-5-3-4-6-17(16)36-23(24,25)26/h3-10,12,15H,2,11H2,1H3,(H2,27,28,29)(H2,30,31,34). The number of esters is 1. The van der Waals surface area contributed by atoms with E-state index < -0.39 is 30.0 Å². The van der Waals surface area contributed by atoms with Crippen LogP contribution in [0, 0.1) is 5.92 Å². The largest absolute Gasteiger partial charge is 0.573 e. The Morgan fingerprint density at radius 1 is 1.14 bits per heavy atom. The predicted molar refractivity (Wildman–Crippen MR) is 126 cm³/mol. The number of carbonyl (C=O) groups excluding carboxylic acids is 2. The van der Waals surface area contributed by atoms with Crippen molar-refractivity contribution in [1.82, 2.24) is 5.01 Å². The highest BCUT2D eigenvalue weighted by Crippen LogP contribution is 2.38. The van der Waals surface area contributed by atoms with Gasteiger partial charge in [0.25, 0.3) is 0 Å². The zero-order chi connectivity index (χ0) is 25.9. The van der Waals surface area contributed by atoms with Crippen LogP contribution in [0.4, 0.5) is 29.3 Å². The second-order valence-corrected chi connectivity index (χ2v) is 7.59. The molecule has 0 aromatic heterocycles. The Labute approximate surface area is 203 Å². The normalized spacial score (nSPS) is 16.8. The number of urea groups is 1. The Bertz CT molecular complexity index is 1260. The molecule has 36 heavy (non-hydrogen) atoms. The predicted octanol–water partition coefficient (Wildman–Crippen LogP) is 3.75. The number of ether oxygens (including phenoxy) is 2. The third-order valence-electron chi connectivity index (χ3n) is 5.23. The molecule has 2 aromatic rings. The number of nitrogens with two attached hydrogens (primary N) is 1. The van der Waals surface area contributed by atoms with Gasteiger partial charge in [0.1, 0.15) is 18.0 Å². The van der Waals surface area contributed by atoms with Gasteiger partial charge < -0.3 is 25.8 Å². The maximum absolute atomic E-state index is 12.6. The van der Waals surface area contributed by atoms with Gasteiger partial charge in [0, 0.05) is 11.3 Å². The number of anilines is 2. The van der Waals surface area contributed by atoms with Crippen LogP contribution < -0.4 is 21.1 Å². The summed E-state index contributed by atoms with van der Waals surface area (Å²) in [5, 5.41) is 10.6. The fraction of sp³-hybridized carbons (Fsp3) is 0.217. The molecular weight excluding hydrogens is 481 g/mol. The van der Waals surface area contributed by atoms with E-state index in [0.29, 0.717) is 22.5 Å². The number of benzene rings is 2. The number of nitrogens with zero attached hydrogens (tertiary/aromatic N) is 3. The zero-order valence-electron chi connectivity index (χ0n) is 18.9.